The van der Waals surface area contributed by atoms with E-state index in [9.17, 15) is 0 Å². The molecule has 128 valence electrons. The fourth-order valence-electron chi connectivity index (χ4n) is 3.57. The molecule has 0 aromatic heterocycles. The normalized spacial score (nSPS) is 11.1. The molecule has 3 rings (SSSR count). The Morgan fingerprint density at radius 1 is 0.560 bits per heavy atom. The Labute approximate surface area is 151 Å². The molecule has 0 atom stereocenters. The van der Waals surface area contributed by atoms with Crippen LogP contribution in [0, 0.1) is 0 Å². The van der Waals surface area contributed by atoms with Gasteiger partial charge in [0.25, 0.3) is 0 Å². The first-order chi connectivity index (χ1) is 12.1. The zero-order valence-electron chi connectivity index (χ0n) is 15.6. The highest BCUT2D eigenvalue weighted by atomic mass is 15.2. The van der Waals surface area contributed by atoms with Crippen LogP contribution in [0.5, 0.6) is 0 Å². The molecule has 1 heteroatoms. The lowest BCUT2D eigenvalue weighted by molar-refractivity contribution is 0.609. The number of hydrogen-bond donors (Lipinski definition) is 0. The summed E-state index contributed by atoms with van der Waals surface area (Å²) in [4.78, 5) is 2.50. The number of rotatable bonds is 5. The van der Waals surface area contributed by atoms with Crippen molar-refractivity contribution in [2.24, 2.45) is 0 Å². The van der Waals surface area contributed by atoms with Gasteiger partial charge in [-0.05, 0) is 56.5 Å². The highest BCUT2D eigenvalue weighted by Gasteiger charge is 2.19. The van der Waals surface area contributed by atoms with Gasteiger partial charge in [-0.15, -0.1) is 0 Å². The Kier molecular flexibility index (Phi) is 5.23. The molecule has 0 saturated carbocycles. The van der Waals surface area contributed by atoms with E-state index in [0.29, 0.717) is 12.1 Å². The maximum Gasteiger partial charge on any atom is 0.0450 e. The molecule has 0 spiro atoms. The van der Waals surface area contributed by atoms with Crippen LogP contribution < -0.4 is 4.90 Å². The molecular weight excluding hydrogens is 302 g/mol. The fraction of sp³-hybridized carbons (Fsp3) is 0.250. The number of benzene rings is 3. The first-order valence-electron chi connectivity index (χ1n) is 9.11. The minimum atomic E-state index is 0.449. The maximum atomic E-state index is 2.50. The highest BCUT2D eigenvalue weighted by molar-refractivity contribution is 5.84. The molecule has 25 heavy (non-hydrogen) atoms. The molecule has 0 unspecified atom stereocenters. The molecule has 0 amide bonds. The Morgan fingerprint density at radius 3 is 1.60 bits per heavy atom. The van der Waals surface area contributed by atoms with Gasteiger partial charge in [-0.3, -0.25) is 0 Å². The molecule has 0 radical (unpaired) electrons. The van der Waals surface area contributed by atoms with Crippen molar-refractivity contribution in [2.75, 3.05) is 4.90 Å². The predicted molar refractivity (Wildman–Crippen MR) is 110 cm³/mol. The summed E-state index contributed by atoms with van der Waals surface area (Å²) in [6.07, 6.45) is 0. The second-order valence-corrected chi connectivity index (χ2v) is 7.06. The van der Waals surface area contributed by atoms with Crippen molar-refractivity contribution in [3.63, 3.8) is 0 Å². The largest absolute Gasteiger partial charge is 0.366 e. The third-order valence-corrected chi connectivity index (χ3v) is 4.58. The van der Waals surface area contributed by atoms with E-state index in [0.717, 1.165) is 0 Å². The number of nitrogens with zero attached hydrogens (tertiary/aromatic N) is 1. The summed E-state index contributed by atoms with van der Waals surface area (Å²) in [7, 11) is 0. The summed E-state index contributed by atoms with van der Waals surface area (Å²) in [5, 5.41) is 0. The molecule has 0 N–H and O–H groups in total. The smallest absolute Gasteiger partial charge is 0.0450 e. The van der Waals surface area contributed by atoms with Gasteiger partial charge in [-0.2, -0.15) is 0 Å². The van der Waals surface area contributed by atoms with E-state index in [1.807, 2.05) is 0 Å². The summed E-state index contributed by atoms with van der Waals surface area (Å²) < 4.78 is 0. The van der Waals surface area contributed by atoms with Gasteiger partial charge in [-0.1, -0.05) is 66.7 Å². The van der Waals surface area contributed by atoms with Gasteiger partial charge < -0.3 is 4.90 Å². The van der Waals surface area contributed by atoms with Gasteiger partial charge in [0.1, 0.15) is 0 Å². The van der Waals surface area contributed by atoms with Crippen molar-refractivity contribution in [3.05, 3.63) is 78.9 Å². The average Bonchev–Trinajstić information content (AvgIpc) is 2.63. The quantitative estimate of drug-likeness (QED) is 0.507. The van der Waals surface area contributed by atoms with E-state index in [-0.39, 0.29) is 0 Å². The van der Waals surface area contributed by atoms with Gasteiger partial charge in [0, 0.05) is 23.3 Å². The van der Waals surface area contributed by atoms with E-state index in [1.54, 1.807) is 0 Å². The molecule has 0 aliphatic heterocycles. The number of hydrogen-bond acceptors (Lipinski definition) is 1. The van der Waals surface area contributed by atoms with Crippen molar-refractivity contribution in [1.82, 2.24) is 0 Å². The lowest BCUT2D eigenvalue weighted by atomic mass is 9.96. The molecule has 0 saturated heterocycles. The summed E-state index contributed by atoms with van der Waals surface area (Å²) in [6.45, 7) is 9.06. The van der Waals surface area contributed by atoms with Gasteiger partial charge in [-0.25, -0.2) is 0 Å². The Morgan fingerprint density at radius 2 is 1.08 bits per heavy atom. The van der Waals surface area contributed by atoms with Gasteiger partial charge in [0.05, 0.1) is 0 Å². The van der Waals surface area contributed by atoms with E-state index in [2.05, 4.69) is 111 Å². The molecule has 3 aromatic carbocycles. The van der Waals surface area contributed by atoms with Crippen LogP contribution in [0.2, 0.25) is 0 Å². The average molecular weight is 329 g/mol. The van der Waals surface area contributed by atoms with Crippen LogP contribution in [0.4, 0.5) is 5.69 Å². The molecule has 0 fully saturated rings. The lowest BCUT2D eigenvalue weighted by Gasteiger charge is -2.35. The SMILES string of the molecule is CC(C)N(c1ccc(-c2ccccc2)cc1-c1ccccc1)C(C)C. The molecule has 0 aliphatic rings. The highest BCUT2D eigenvalue weighted by Crippen LogP contribution is 2.36. The first kappa shape index (κ1) is 17.3. The standard InChI is InChI=1S/C24H27N/c1-18(2)25(19(3)4)24-16-15-22(20-11-7-5-8-12-20)17-23(24)21-13-9-6-10-14-21/h5-19H,1-4H3. The summed E-state index contributed by atoms with van der Waals surface area (Å²) in [6, 6.07) is 29.1. The fourth-order valence-corrected chi connectivity index (χ4v) is 3.57. The van der Waals surface area contributed by atoms with E-state index in [4.69, 9.17) is 0 Å². The molecule has 1 nitrogen and oxygen atoms in total. The van der Waals surface area contributed by atoms with Crippen LogP contribution in [0.3, 0.4) is 0 Å². The number of anilines is 1. The molecule has 0 bridgehead atoms. The van der Waals surface area contributed by atoms with Crippen LogP contribution in [-0.4, -0.2) is 12.1 Å². The van der Waals surface area contributed by atoms with Gasteiger partial charge in [0.15, 0.2) is 0 Å². The summed E-state index contributed by atoms with van der Waals surface area (Å²) in [5.74, 6) is 0. The van der Waals surface area contributed by atoms with Crippen LogP contribution in [-0.2, 0) is 0 Å². The second-order valence-electron chi connectivity index (χ2n) is 7.06. The van der Waals surface area contributed by atoms with Crippen molar-refractivity contribution in [2.45, 2.75) is 39.8 Å². The maximum absolute atomic E-state index is 2.50. The van der Waals surface area contributed by atoms with Crippen LogP contribution in [0.25, 0.3) is 22.3 Å². The zero-order valence-corrected chi connectivity index (χ0v) is 15.6. The molecular formula is C24H27N. The van der Waals surface area contributed by atoms with Crippen LogP contribution in [0.1, 0.15) is 27.7 Å². The van der Waals surface area contributed by atoms with E-state index >= 15 is 0 Å². The third-order valence-electron chi connectivity index (χ3n) is 4.58. The van der Waals surface area contributed by atoms with Gasteiger partial charge >= 0.3 is 0 Å². The van der Waals surface area contributed by atoms with Crippen molar-refractivity contribution in [1.29, 1.82) is 0 Å². The van der Waals surface area contributed by atoms with Crippen molar-refractivity contribution in [3.8, 4) is 22.3 Å². The minimum absolute atomic E-state index is 0.449. The topological polar surface area (TPSA) is 3.24 Å². The Balaban J connectivity index is 2.18. The molecule has 3 aromatic rings. The van der Waals surface area contributed by atoms with Crippen LogP contribution in [0.15, 0.2) is 78.9 Å². The monoisotopic (exact) mass is 329 g/mol. The summed E-state index contributed by atoms with van der Waals surface area (Å²) >= 11 is 0. The Hall–Kier alpha value is -2.54. The summed E-state index contributed by atoms with van der Waals surface area (Å²) in [5.41, 5.74) is 6.38. The van der Waals surface area contributed by atoms with Crippen molar-refractivity contribution < 1.29 is 0 Å². The van der Waals surface area contributed by atoms with Crippen LogP contribution >= 0.6 is 0 Å². The lowest BCUT2D eigenvalue weighted by Crippen LogP contribution is -2.37. The van der Waals surface area contributed by atoms with E-state index in [1.165, 1.54) is 27.9 Å². The predicted octanol–water partition coefficient (Wildman–Crippen LogP) is 6.64. The van der Waals surface area contributed by atoms with Gasteiger partial charge in [0.2, 0.25) is 0 Å². The zero-order chi connectivity index (χ0) is 17.8. The minimum Gasteiger partial charge on any atom is -0.366 e. The van der Waals surface area contributed by atoms with E-state index < -0.39 is 0 Å². The van der Waals surface area contributed by atoms with Crippen molar-refractivity contribution >= 4 is 5.69 Å². The molecule has 0 aliphatic carbocycles. The first-order valence-corrected chi connectivity index (χ1v) is 9.11. The third kappa shape index (κ3) is 3.76. The molecule has 0 heterocycles. The second kappa shape index (κ2) is 7.57. The Bertz CT molecular complexity index is 796.